The van der Waals surface area contributed by atoms with E-state index in [9.17, 15) is 9.59 Å². The van der Waals surface area contributed by atoms with Crippen molar-refractivity contribution in [3.63, 3.8) is 0 Å². The number of hydrogen-bond acceptors (Lipinski definition) is 5. The summed E-state index contributed by atoms with van der Waals surface area (Å²) in [5.74, 6) is 2.24. The monoisotopic (exact) mass is 411 g/mol. The molecular formula is C22H25N3O3S. The first-order chi connectivity index (χ1) is 14.1. The van der Waals surface area contributed by atoms with E-state index in [4.69, 9.17) is 4.74 Å². The first kappa shape index (κ1) is 19.8. The highest BCUT2D eigenvalue weighted by atomic mass is 32.2. The average molecular weight is 412 g/mol. The molecule has 0 spiro atoms. The standard InChI is InChI=1S/C22H25N3O3S/c1-16-14-17(15-24-9-12-29-13-10-24)2-7-20(16)23-21(26)18-3-5-19(6-4-18)25-8-11-28-22(25)27/h2-7,14H,8-13,15H2,1H3,(H,23,26). The smallest absolute Gasteiger partial charge is 0.414 e. The van der Waals surface area contributed by atoms with Gasteiger partial charge in [-0.3, -0.25) is 14.6 Å². The second-order valence-electron chi connectivity index (χ2n) is 7.30. The van der Waals surface area contributed by atoms with E-state index in [-0.39, 0.29) is 12.0 Å². The van der Waals surface area contributed by atoms with Gasteiger partial charge < -0.3 is 10.1 Å². The normalized spacial score (nSPS) is 17.3. The Bertz CT molecular complexity index is 895. The Morgan fingerprint density at radius 3 is 2.52 bits per heavy atom. The topological polar surface area (TPSA) is 61.9 Å². The van der Waals surface area contributed by atoms with E-state index in [2.05, 4.69) is 22.3 Å². The predicted molar refractivity (Wildman–Crippen MR) is 117 cm³/mol. The summed E-state index contributed by atoms with van der Waals surface area (Å²) in [5, 5.41) is 2.99. The third-order valence-electron chi connectivity index (χ3n) is 5.25. The van der Waals surface area contributed by atoms with Gasteiger partial charge in [0.05, 0.1) is 6.54 Å². The van der Waals surface area contributed by atoms with Crippen molar-refractivity contribution in [1.82, 2.24) is 4.90 Å². The van der Waals surface area contributed by atoms with Gasteiger partial charge in [-0.1, -0.05) is 12.1 Å². The van der Waals surface area contributed by atoms with Gasteiger partial charge in [0.15, 0.2) is 0 Å². The van der Waals surface area contributed by atoms with E-state index in [1.165, 1.54) is 17.1 Å². The Kier molecular flexibility index (Phi) is 6.06. The molecule has 0 saturated carbocycles. The fourth-order valence-electron chi connectivity index (χ4n) is 3.60. The summed E-state index contributed by atoms with van der Waals surface area (Å²) in [5.41, 5.74) is 4.43. The Balaban J connectivity index is 1.39. The zero-order valence-electron chi connectivity index (χ0n) is 16.5. The van der Waals surface area contributed by atoms with Gasteiger partial charge in [-0.25, -0.2) is 4.79 Å². The highest BCUT2D eigenvalue weighted by Gasteiger charge is 2.23. The summed E-state index contributed by atoms with van der Waals surface area (Å²) in [6, 6.07) is 13.2. The van der Waals surface area contributed by atoms with Crippen molar-refractivity contribution in [3.8, 4) is 0 Å². The number of cyclic esters (lactones) is 1. The number of rotatable bonds is 5. The predicted octanol–water partition coefficient (Wildman–Crippen LogP) is 3.75. The van der Waals surface area contributed by atoms with Crippen LogP contribution in [0.3, 0.4) is 0 Å². The first-order valence-electron chi connectivity index (χ1n) is 9.85. The molecule has 2 aromatic carbocycles. The summed E-state index contributed by atoms with van der Waals surface area (Å²) in [4.78, 5) is 28.3. The Labute approximate surface area is 175 Å². The lowest BCUT2D eigenvalue weighted by atomic mass is 10.1. The van der Waals surface area contributed by atoms with Gasteiger partial charge >= 0.3 is 6.09 Å². The number of carbonyl (C=O) groups excluding carboxylic acids is 2. The molecule has 4 rings (SSSR count). The molecule has 2 heterocycles. The van der Waals surface area contributed by atoms with Crippen LogP contribution in [0.4, 0.5) is 16.2 Å². The van der Waals surface area contributed by atoms with Gasteiger partial charge in [0.1, 0.15) is 6.61 Å². The van der Waals surface area contributed by atoms with Crippen LogP contribution >= 0.6 is 11.8 Å². The second kappa shape index (κ2) is 8.88. The van der Waals surface area contributed by atoms with Crippen LogP contribution in [0.5, 0.6) is 0 Å². The van der Waals surface area contributed by atoms with E-state index in [0.717, 1.165) is 36.6 Å². The van der Waals surface area contributed by atoms with Gasteiger partial charge in [-0.2, -0.15) is 11.8 Å². The lowest BCUT2D eigenvalue weighted by molar-refractivity contribution is 0.102. The second-order valence-corrected chi connectivity index (χ2v) is 8.53. The van der Waals surface area contributed by atoms with E-state index < -0.39 is 0 Å². The zero-order valence-corrected chi connectivity index (χ0v) is 17.3. The van der Waals surface area contributed by atoms with Crippen molar-refractivity contribution in [2.45, 2.75) is 13.5 Å². The molecule has 0 radical (unpaired) electrons. The minimum atomic E-state index is -0.346. The van der Waals surface area contributed by atoms with Crippen molar-refractivity contribution >= 4 is 35.1 Å². The summed E-state index contributed by atoms with van der Waals surface area (Å²) in [7, 11) is 0. The summed E-state index contributed by atoms with van der Waals surface area (Å²) >= 11 is 2.01. The van der Waals surface area contributed by atoms with Crippen LogP contribution in [-0.2, 0) is 11.3 Å². The van der Waals surface area contributed by atoms with Gasteiger partial charge in [0, 0.05) is 48.1 Å². The van der Waals surface area contributed by atoms with Gasteiger partial charge in [0.25, 0.3) is 5.91 Å². The molecule has 0 aromatic heterocycles. The van der Waals surface area contributed by atoms with Crippen LogP contribution in [-0.4, -0.2) is 54.6 Å². The van der Waals surface area contributed by atoms with Gasteiger partial charge in [-0.05, 0) is 48.4 Å². The minimum Gasteiger partial charge on any atom is -0.447 e. The van der Waals surface area contributed by atoms with E-state index in [1.807, 2.05) is 24.8 Å². The number of anilines is 2. The molecule has 2 fully saturated rings. The van der Waals surface area contributed by atoms with Crippen LogP contribution in [0.25, 0.3) is 0 Å². The van der Waals surface area contributed by atoms with Crippen molar-refractivity contribution in [2.24, 2.45) is 0 Å². The molecule has 7 heteroatoms. The Morgan fingerprint density at radius 2 is 1.86 bits per heavy atom. The molecule has 6 nitrogen and oxygen atoms in total. The highest BCUT2D eigenvalue weighted by molar-refractivity contribution is 7.99. The molecule has 2 aromatic rings. The molecule has 1 N–H and O–H groups in total. The van der Waals surface area contributed by atoms with Gasteiger partial charge in [0.2, 0.25) is 0 Å². The SMILES string of the molecule is Cc1cc(CN2CCSCC2)ccc1NC(=O)c1ccc(N2CCOC2=O)cc1. The minimum absolute atomic E-state index is 0.163. The van der Waals surface area contributed by atoms with Crippen LogP contribution in [0.15, 0.2) is 42.5 Å². The molecule has 29 heavy (non-hydrogen) atoms. The van der Waals surface area contributed by atoms with Crippen LogP contribution < -0.4 is 10.2 Å². The summed E-state index contributed by atoms with van der Waals surface area (Å²) in [6.07, 6.45) is -0.346. The number of hydrogen-bond donors (Lipinski definition) is 1. The molecule has 0 aliphatic carbocycles. The maximum Gasteiger partial charge on any atom is 0.414 e. The van der Waals surface area contributed by atoms with Crippen LogP contribution in [0.2, 0.25) is 0 Å². The van der Waals surface area contributed by atoms with Crippen molar-refractivity contribution < 1.29 is 14.3 Å². The number of benzene rings is 2. The number of nitrogens with one attached hydrogen (secondary N) is 1. The molecule has 2 amide bonds. The Hall–Kier alpha value is -2.51. The summed E-state index contributed by atoms with van der Waals surface area (Å²) < 4.78 is 4.95. The first-order valence-corrected chi connectivity index (χ1v) is 11.0. The lowest BCUT2D eigenvalue weighted by Gasteiger charge is -2.26. The van der Waals surface area contributed by atoms with E-state index in [1.54, 1.807) is 29.2 Å². The third kappa shape index (κ3) is 4.74. The van der Waals surface area contributed by atoms with E-state index >= 15 is 0 Å². The molecule has 2 aliphatic rings. The third-order valence-corrected chi connectivity index (χ3v) is 6.19. The molecule has 152 valence electrons. The van der Waals surface area contributed by atoms with Gasteiger partial charge in [-0.15, -0.1) is 0 Å². The zero-order chi connectivity index (χ0) is 20.2. The summed E-state index contributed by atoms with van der Waals surface area (Å²) in [6.45, 7) is 6.17. The number of thioether (sulfide) groups is 1. The van der Waals surface area contributed by atoms with E-state index in [0.29, 0.717) is 18.7 Å². The fraction of sp³-hybridized carbons (Fsp3) is 0.364. The molecule has 0 bridgehead atoms. The molecule has 2 saturated heterocycles. The maximum atomic E-state index is 12.6. The Morgan fingerprint density at radius 1 is 1.10 bits per heavy atom. The molecule has 0 atom stereocenters. The van der Waals surface area contributed by atoms with Crippen molar-refractivity contribution in [2.75, 3.05) is 48.0 Å². The largest absolute Gasteiger partial charge is 0.447 e. The highest BCUT2D eigenvalue weighted by Crippen LogP contribution is 2.22. The number of amides is 2. The fourth-order valence-corrected chi connectivity index (χ4v) is 4.58. The number of aryl methyl sites for hydroxylation is 1. The maximum absolute atomic E-state index is 12.6. The number of ether oxygens (including phenoxy) is 1. The molecule has 2 aliphatic heterocycles. The van der Waals surface area contributed by atoms with Crippen molar-refractivity contribution in [3.05, 3.63) is 59.2 Å². The molecule has 0 unspecified atom stereocenters. The number of carbonyl (C=O) groups is 2. The average Bonchev–Trinajstić information content (AvgIpc) is 3.17. The lowest BCUT2D eigenvalue weighted by Crippen LogP contribution is -2.31. The molecular weight excluding hydrogens is 386 g/mol. The van der Waals surface area contributed by atoms with Crippen LogP contribution in [0, 0.1) is 6.92 Å². The quantitative estimate of drug-likeness (QED) is 0.812. The van der Waals surface area contributed by atoms with Crippen molar-refractivity contribution in [1.29, 1.82) is 0 Å². The van der Waals surface area contributed by atoms with Crippen LogP contribution in [0.1, 0.15) is 21.5 Å². The number of nitrogens with zero attached hydrogens (tertiary/aromatic N) is 2.